The average Bonchev–Trinajstić information content (AvgIpc) is 2.36. The van der Waals surface area contributed by atoms with Crippen LogP contribution in [-0.2, 0) is 6.42 Å². The van der Waals surface area contributed by atoms with Crippen LogP contribution in [0.4, 0.5) is 5.82 Å². The number of fused-ring (bicyclic) bond motifs is 1. The summed E-state index contributed by atoms with van der Waals surface area (Å²) in [6, 6.07) is 1.87. The number of hydrogen-bond acceptors (Lipinski definition) is 3. The molecule has 11 heavy (non-hydrogen) atoms. The van der Waals surface area contributed by atoms with E-state index in [1.807, 2.05) is 6.07 Å². The zero-order chi connectivity index (χ0) is 7.84. The van der Waals surface area contributed by atoms with Crippen molar-refractivity contribution in [3.8, 4) is 5.75 Å². The quantitative estimate of drug-likeness (QED) is 0.710. The molecular formula is C7H7BrN2O. The summed E-state index contributed by atoms with van der Waals surface area (Å²) >= 11 is 3.28. The molecule has 2 heterocycles. The molecule has 0 saturated heterocycles. The topological polar surface area (TPSA) is 48.1 Å². The third kappa shape index (κ3) is 1.07. The molecule has 1 aliphatic heterocycles. The molecule has 0 spiro atoms. The first kappa shape index (κ1) is 6.91. The number of nitrogen functional groups attached to an aromatic ring is 1. The monoisotopic (exact) mass is 214 g/mol. The minimum Gasteiger partial charge on any atom is -0.491 e. The van der Waals surface area contributed by atoms with Crippen molar-refractivity contribution < 1.29 is 4.74 Å². The highest BCUT2D eigenvalue weighted by atomic mass is 79.9. The Bertz CT molecular complexity index is 272. The normalized spacial score (nSPS) is 14.3. The van der Waals surface area contributed by atoms with Gasteiger partial charge in [0.15, 0.2) is 0 Å². The van der Waals surface area contributed by atoms with Gasteiger partial charge in [-0.2, -0.15) is 0 Å². The van der Waals surface area contributed by atoms with Crippen LogP contribution in [0, 0.1) is 0 Å². The summed E-state index contributed by atoms with van der Waals surface area (Å²) in [5.74, 6) is 1.39. The molecule has 0 saturated carbocycles. The molecule has 0 bridgehead atoms. The highest BCUT2D eigenvalue weighted by Gasteiger charge is 2.14. The Morgan fingerprint density at radius 3 is 3.27 bits per heavy atom. The molecule has 0 amide bonds. The van der Waals surface area contributed by atoms with Gasteiger partial charge >= 0.3 is 0 Å². The van der Waals surface area contributed by atoms with Gasteiger partial charge in [-0.3, -0.25) is 0 Å². The number of aromatic nitrogens is 1. The van der Waals surface area contributed by atoms with Crippen molar-refractivity contribution in [1.29, 1.82) is 0 Å². The minimum absolute atomic E-state index is 0.536. The summed E-state index contributed by atoms with van der Waals surface area (Å²) in [7, 11) is 0. The Kier molecular flexibility index (Phi) is 1.49. The van der Waals surface area contributed by atoms with E-state index < -0.39 is 0 Å². The lowest BCUT2D eigenvalue weighted by atomic mass is 10.3. The number of nitrogens with two attached hydrogens (primary N) is 1. The van der Waals surface area contributed by atoms with Crippen molar-refractivity contribution in [3.63, 3.8) is 0 Å². The number of anilines is 1. The molecule has 1 aliphatic rings. The van der Waals surface area contributed by atoms with Crippen molar-refractivity contribution >= 4 is 21.7 Å². The van der Waals surface area contributed by atoms with Gasteiger partial charge in [0, 0.05) is 6.42 Å². The van der Waals surface area contributed by atoms with E-state index in [4.69, 9.17) is 10.5 Å². The number of rotatable bonds is 0. The zero-order valence-electron chi connectivity index (χ0n) is 5.80. The SMILES string of the molecule is Nc1nc2c(cc1Br)OCC2. The molecule has 1 aromatic heterocycles. The maximum atomic E-state index is 5.58. The molecule has 0 radical (unpaired) electrons. The van der Waals surface area contributed by atoms with Gasteiger partial charge < -0.3 is 10.5 Å². The van der Waals surface area contributed by atoms with Crippen LogP contribution in [0.3, 0.4) is 0 Å². The second-order valence-electron chi connectivity index (χ2n) is 2.40. The zero-order valence-corrected chi connectivity index (χ0v) is 7.39. The standard InChI is InChI=1S/C7H7BrN2O/c8-4-3-6-5(1-2-11-6)10-7(4)9/h3H,1-2H2,(H2,9,10). The summed E-state index contributed by atoms with van der Waals surface area (Å²) in [5.41, 5.74) is 6.54. The molecule has 2 rings (SSSR count). The molecule has 0 aromatic carbocycles. The molecule has 58 valence electrons. The van der Waals surface area contributed by atoms with Crippen LogP contribution >= 0.6 is 15.9 Å². The van der Waals surface area contributed by atoms with Gasteiger partial charge in [0.25, 0.3) is 0 Å². The summed E-state index contributed by atoms with van der Waals surface area (Å²) in [5, 5.41) is 0. The minimum atomic E-state index is 0.536. The molecule has 0 atom stereocenters. The summed E-state index contributed by atoms with van der Waals surface area (Å²) in [6.07, 6.45) is 0.868. The van der Waals surface area contributed by atoms with E-state index in [1.165, 1.54) is 0 Å². The van der Waals surface area contributed by atoms with E-state index in [0.717, 1.165) is 28.9 Å². The lowest BCUT2D eigenvalue weighted by molar-refractivity contribution is 0.356. The Morgan fingerprint density at radius 2 is 2.45 bits per heavy atom. The molecule has 2 N–H and O–H groups in total. The van der Waals surface area contributed by atoms with Crippen molar-refractivity contribution in [2.45, 2.75) is 6.42 Å². The van der Waals surface area contributed by atoms with Crippen LogP contribution in [0.25, 0.3) is 0 Å². The van der Waals surface area contributed by atoms with E-state index in [0.29, 0.717) is 5.82 Å². The largest absolute Gasteiger partial charge is 0.491 e. The van der Waals surface area contributed by atoms with Crippen molar-refractivity contribution in [2.75, 3.05) is 12.3 Å². The highest BCUT2D eigenvalue weighted by molar-refractivity contribution is 9.10. The Hall–Kier alpha value is -0.770. The molecular weight excluding hydrogens is 208 g/mol. The Labute approximate surface area is 72.7 Å². The first-order chi connectivity index (χ1) is 5.27. The fourth-order valence-electron chi connectivity index (χ4n) is 1.09. The van der Waals surface area contributed by atoms with Crippen LogP contribution in [0.15, 0.2) is 10.5 Å². The lowest BCUT2D eigenvalue weighted by Gasteiger charge is -2.00. The number of nitrogens with zero attached hydrogens (tertiary/aromatic N) is 1. The number of hydrogen-bond donors (Lipinski definition) is 1. The third-order valence-corrected chi connectivity index (χ3v) is 2.27. The van der Waals surface area contributed by atoms with Gasteiger partial charge in [0.1, 0.15) is 11.6 Å². The molecule has 0 unspecified atom stereocenters. The van der Waals surface area contributed by atoms with Gasteiger partial charge in [0.2, 0.25) is 0 Å². The lowest BCUT2D eigenvalue weighted by Crippen LogP contribution is -1.94. The average molecular weight is 215 g/mol. The van der Waals surface area contributed by atoms with E-state index >= 15 is 0 Å². The van der Waals surface area contributed by atoms with Crippen molar-refractivity contribution in [2.24, 2.45) is 0 Å². The predicted molar refractivity (Wildman–Crippen MR) is 45.5 cm³/mol. The molecule has 1 aromatic rings. The smallest absolute Gasteiger partial charge is 0.142 e. The summed E-state index contributed by atoms with van der Waals surface area (Å²) in [4.78, 5) is 4.16. The van der Waals surface area contributed by atoms with E-state index in [2.05, 4.69) is 20.9 Å². The van der Waals surface area contributed by atoms with Crippen LogP contribution in [0.2, 0.25) is 0 Å². The highest BCUT2D eigenvalue weighted by Crippen LogP contribution is 2.29. The van der Waals surface area contributed by atoms with Crippen LogP contribution < -0.4 is 10.5 Å². The molecule has 0 aliphatic carbocycles. The fraction of sp³-hybridized carbons (Fsp3) is 0.286. The van der Waals surface area contributed by atoms with Crippen LogP contribution in [-0.4, -0.2) is 11.6 Å². The third-order valence-electron chi connectivity index (χ3n) is 1.64. The first-order valence-corrected chi connectivity index (χ1v) is 4.14. The van der Waals surface area contributed by atoms with Gasteiger partial charge in [-0.25, -0.2) is 4.98 Å². The fourth-order valence-corrected chi connectivity index (χ4v) is 1.38. The van der Waals surface area contributed by atoms with Gasteiger partial charge in [-0.05, 0) is 22.0 Å². The number of halogens is 1. The number of pyridine rings is 1. The van der Waals surface area contributed by atoms with Crippen LogP contribution in [0.1, 0.15) is 5.69 Å². The molecule has 0 fully saturated rings. The van der Waals surface area contributed by atoms with Gasteiger partial charge in [-0.1, -0.05) is 0 Å². The van der Waals surface area contributed by atoms with Crippen LogP contribution in [0.5, 0.6) is 5.75 Å². The Morgan fingerprint density at radius 1 is 1.64 bits per heavy atom. The second kappa shape index (κ2) is 2.37. The van der Waals surface area contributed by atoms with Crippen molar-refractivity contribution in [3.05, 3.63) is 16.2 Å². The summed E-state index contributed by atoms with van der Waals surface area (Å²) < 4.78 is 6.09. The van der Waals surface area contributed by atoms with Crippen molar-refractivity contribution in [1.82, 2.24) is 4.98 Å². The van der Waals surface area contributed by atoms with E-state index in [1.54, 1.807) is 0 Å². The summed E-state index contributed by atoms with van der Waals surface area (Å²) in [6.45, 7) is 0.720. The van der Waals surface area contributed by atoms with E-state index in [-0.39, 0.29) is 0 Å². The maximum Gasteiger partial charge on any atom is 0.142 e. The number of ether oxygens (including phenoxy) is 1. The Balaban J connectivity index is 2.57. The predicted octanol–water partition coefficient (Wildman–Crippen LogP) is 1.36. The maximum absolute atomic E-state index is 5.58. The molecule has 4 heteroatoms. The van der Waals surface area contributed by atoms with Gasteiger partial charge in [-0.15, -0.1) is 0 Å². The first-order valence-electron chi connectivity index (χ1n) is 3.35. The second-order valence-corrected chi connectivity index (χ2v) is 3.25. The van der Waals surface area contributed by atoms with E-state index in [9.17, 15) is 0 Å². The van der Waals surface area contributed by atoms with Gasteiger partial charge in [0.05, 0.1) is 16.8 Å². The molecule has 3 nitrogen and oxygen atoms in total.